The standard InChI is InChI=1S/C13H17F2N3O2/c1-17-4-2-9(3-5-17)8-16-13-11(15)6-10(14)7-12(13)18(19)20/h6-7,9,16H,2-5,8H2,1H3. The first-order valence-electron chi connectivity index (χ1n) is 6.53. The molecule has 2 rings (SSSR count). The Morgan fingerprint density at radius 1 is 1.40 bits per heavy atom. The molecule has 0 radical (unpaired) electrons. The topological polar surface area (TPSA) is 58.4 Å². The molecule has 0 spiro atoms. The van der Waals surface area contributed by atoms with E-state index < -0.39 is 22.2 Å². The van der Waals surface area contributed by atoms with Gasteiger partial charge in [-0.15, -0.1) is 0 Å². The SMILES string of the molecule is CN1CCC(CNc2c(F)cc(F)cc2[N+](=O)[O-])CC1. The number of halogens is 2. The fourth-order valence-electron chi connectivity index (χ4n) is 2.39. The number of piperidine rings is 1. The summed E-state index contributed by atoms with van der Waals surface area (Å²) >= 11 is 0. The Hall–Kier alpha value is -1.76. The quantitative estimate of drug-likeness (QED) is 0.682. The maximum absolute atomic E-state index is 13.7. The number of nitrogens with one attached hydrogen (secondary N) is 1. The summed E-state index contributed by atoms with van der Waals surface area (Å²) in [6.45, 7) is 2.37. The lowest BCUT2D eigenvalue weighted by Crippen LogP contribution is -2.33. The second kappa shape index (κ2) is 6.13. The molecule has 20 heavy (non-hydrogen) atoms. The molecule has 0 saturated carbocycles. The average molecular weight is 285 g/mol. The Labute approximate surface area is 115 Å². The molecule has 0 amide bonds. The predicted molar refractivity (Wildman–Crippen MR) is 71.7 cm³/mol. The lowest BCUT2D eigenvalue weighted by Gasteiger charge is -2.29. The monoisotopic (exact) mass is 285 g/mol. The summed E-state index contributed by atoms with van der Waals surface area (Å²) in [5.41, 5.74) is -0.786. The molecule has 0 aliphatic carbocycles. The molecule has 1 fully saturated rings. The van der Waals surface area contributed by atoms with E-state index in [2.05, 4.69) is 10.2 Å². The highest BCUT2D eigenvalue weighted by molar-refractivity contribution is 5.62. The van der Waals surface area contributed by atoms with Gasteiger partial charge in [-0.3, -0.25) is 10.1 Å². The summed E-state index contributed by atoms with van der Waals surface area (Å²) in [7, 11) is 2.04. The van der Waals surface area contributed by atoms with Crippen LogP contribution in [-0.4, -0.2) is 36.5 Å². The van der Waals surface area contributed by atoms with E-state index in [1.807, 2.05) is 7.05 Å². The van der Waals surface area contributed by atoms with Crippen molar-refractivity contribution < 1.29 is 13.7 Å². The van der Waals surface area contributed by atoms with Crippen molar-refractivity contribution >= 4 is 11.4 Å². The molecule has 110 valence electrons. The number of nitro benzene ring substituents is 1. The number of nitro groups is 1. The summed E-state index contributed by atoms with van der Waals surface area (Å²) < 4.78 is 26.7. The highest BCUT2D eigenvalue weighted by atomic mass is 19.1. The number of hydrogen-bond donors (Lipinski definition) is 1. The number of hydrogen-bond acceptors (Lipinski definition) is 4. The highest BCUT2D eigenvalue weighted by Crippen LogP contribution is 2.29. The van der Waals surface area contributed by atoms with Crippen LogP contribution in [0.2, 0.25) is 0 Å². The van der Waals surface area contributed by atoms with Crippen molar-refractivity contribution in [2.75, 3.05) is 32.0 Å². The molecule has 1 saturated heterocycles. The molecular formula is C13H17F2N3O2. The van der Waals surface area contributed by atoms with Crippen LogP contribution in [0.1, 0.15) is 12.8 Å². The van der Waals surface area contributed by atoms with Gasteiger partial charge in [0.25, 0.3) is 5.69 Å². The van der Waals surface area contributed by atoms with Gasteiger partial charge in [0, 0.05) is 12.6 Å². The minimum absolute atomic E-state index is 0.227. The molecule has 1 heterocycles. The van der Waals surface area contributed by atoms with E-state index in [1.165, 1.54) is 0 Å². The van der Waals surface area contributed by atoms with Gasteiger partial charge in [0.05, 0.1) is 11.0 Å². The van der Waals surface area contributed by atoms with Gasteiger partial charge in [0.15, 0.2) is 5.82 Å². The van der Waals surface area contributed by atoms with E-state index in [0.29, 0.717) is 18.5 Å². The van der Waals surface area contributed by atoms with E-state index in [4.69, 9.17) is 0 Å². The Morgan fingerprint density at radius 2 is 2.05 bits per heavy atom. The van der Waals surface area contributed by atoms with Gasteiger partial charge in [0.1, 0.15) is 11.5 Å². The number of rotatable bonds is 4. The van der Waals surface area contributed by atoms with Crippen LogP contribution in [0.4, 0.5) is 20.2 Å². The molecule has 1 aromatic carbocycles. The minimum Gasteiger partial charge on any atom is -0.377 e. The van der Waals surface area contributed by atoms with Crippen molar-refractivity contribution in [1.82, 2.24) is 4.90 Å². The first kappa shape index (κ1) is 14.6. The van der Waals surface area contributed by atoms with Gasteiger partial charge in [-0.2, -0.15) is 0 Å². The number of anilines is 1. The summed E-state index contributed by atoms with van der Waals surface area (Å²) in [5.74, 6) is -1.53. The zero-order valence-corrected chi connectivity index (χ0v) is 11.2. The Bertz CT molecular complexity index is 503. The summed E-state index contributed by atoms with van der Waals surface area (Å²) in [6, 6.07) is 1.39. The first-order chi connectivity index (χ1) is 9.47. The second-order valence-electron chi connectivity index (χ2n) is 5.17. The van der Waals surface area contributed by atoms with Crippen LogP contribution in [0.3, 0.4) is 0 Å². The first-order valence-corrected chi connectivity index (χ1v) is 6.53. The van der Waals surface area contributed by atoms with E-state index in [9.17, 15) is 18.9 Å². The number of likely N-dealkylation sites (tertiary alicyclic amines) is 1. The average Bonchev–Trinajstić information content (AvgIpc) is 2.38. The van der Waals surface area contributed by atoms with E-state index in [1.54, 1.807) is 0 Å². The predicted octanol–water partition coefficient (Wildman–Crippen LogP) is 2.63. The normalized spacial score (nSPS) is 17.1. The molecule has 0 unspecified atom stereocenters. The maximum atomic E-state index is 13.7. The van der Waals surface area contributed by atoms with Crippen molar-refractivity contribution in [1.29, 1.82) is 0 Å². The molecule has 1 aliphatic rings. The van der Waals surface area contributed by atoms with Crippen molar-refractivity contribution in [3.63, 3.8) is 0 Å². The van der Waals surface area contributed by atoms with Crippen LogP contribution in [-0.2, 0) is 0 Å². The molecule has 0 bridgehead atoms. The van der Waals surface area contributed by atoms with Crippen LogP contribution in [0.15, 0.2) is 12.1 Å². The fraction of sp³-hybridized carbons (Fsp3) is 0.538. The van der Waals surface area contributed by atoms with E-state index in [0.717, 1.165) is 32.0 Å². The minimum atomic E-state index is -0.945. The van der Waals surface area contributed by atoms with Crippen molar-refractivity contribution in [2.24, 2.45) is 5.92 Å². The van der Waals surface area contributed by atoms with Gasteiger partial charge in [-0.05, 0) is 38.9 Å². The van der Waals surface area contributed by atoms with Crippen molar-refractivity contribution in [2.45, 2.75) is 12.8 Å². The molecule has 1 aliphatic heterocycles. The van der Waals surface area contributed by atoms with E-state index in [-0.39, 0.29) is 5.69 Å². The van der Waals surface area contributed by atoms with Gasteiger partial charge >= 0.3 is 0 Å². The maximum Gasteiger partial charge on any atom is 0.298 e. The van der Waals surface area contributed by atoms with Gasteiger partial charge in [-0.25, -0.2) is 8.78 Å². The molecule has 0 aromatic heterocycles. The van der Waals surface area contributed by atoms with Gasteiger partial charge in [-0.1, -0.05) is 0 Å². The van der Waals surface area contributed by atoms with E-state index >= 15 is 0 Å². The van der Waals surface area contributed by atoms with Crippen molar-refractivity contribution in [3.05, 3.63) is 33.9 Å². The Morgan fingerprint density at radius 3 is 2.65 bits per heavy atom. The molecule has 0 atom stereocenters. The Balaban J connectivity index is 2.07. The largest absolute Gasteiger partial charge is 0.377 e. The zero-order chi connectivity index (χ0) is 14.7. The van der Waals surface area contributed by atoms with Crippen LogP contribution in [0.25, 0.3) is 0 Å². The molecule has 1 N–H and O–H groups in total. The zero-order valence-electron chi connectivity index (χ0n) is 11.2. The van der Waals surface area contributed by atoms with Crippen molar-refractivity contribution in [3.8, 4) is 0 Å². The summed E-state index contributed by atoms with van der Waals surface area (Å²) in [5, 5.41) is 13.6. The van der Waals surface area contributed by atoms with Crippen LogP contribution in [0, 0.1) is 27.7 Å². The summed E-state index contributed by atoms with van der Waals surface area (Å²) in [4.78, 5) is 12.3. The van der Waals surface area contributed by atoms with Crippen LogP contribution in [0.5, 0.6) is 0 Å². The molecule has 7 heteroatoms. The lowest BCUT2D eigenvalue weighted by atomic mass is 9.97. The van der Waals surface area contributed by atoms with Gasteiger partial charge < -0.3 is 10.2 Å². The molecule has 1 aromatic rings. The van der Waals surface area contributed by atoms with Crippen LogP contribution >= 0.6 is 0 Å². The molecular weight excluding hydrogens is 268 g/mol. The smallest absolute Gasteiger partial charge is 0.298 e. The third kappa shape index (κ3) is 3.41. The third-order valence-corrected chi connectivity index (χ3v) is 3.64. The van der Waals surface area contributed by atoms with Crippen LogP contribution < -0.4 is 5.32 Å². The highest BCUT2D eigenvalue weighted by Gasteiger charge is 2.22. The molecule has 5 nitrogen and oxygen atoms in total. The number of benzene rings is 1. The Kier molecular flexibility index (Phi) is 4.49. The van der Waals surface area contributed by atoms with Gasteiger partial charge in [0.2, 0.25) is 0 Å². The fourth-order valence-corrected chi connectivity index (χ4v) is 2.39. The summed E-state index contributed by atoms with van der Waals surface area (Å²) in [6.07, 6.45) is 1.92. The number of nitrogens with zero attached hydrogens (tertiary/aromatic N) is 2. The lowest BCUT2D eigenvalue weighted by molar-refractivity contribution is -0.384. The third-order valence-electron chi connectivity index (χ3n) is 3.64. The second-order valence-corrected chi connectivity index (χ2v) is 5.17.